The van der Waals surface area contributed by atoms with Crippen LogP contribution in [0.3, 0.4) is 0 Å². The summed E-state index contributed by atoms with van der Waals surface area (Å²) in [6.07, 6.45) is 3.69. The van der Waals surface area contributed by atoms with Crippen molar-refractivity contribution in [3.05, 3.63) is 81.5 Å². The zero-order chi connectivity index (χ0) is 15.5. The summed E-state index contributed by atoms with van der Waals surface area (Å²) >= 11 is 0. The molecule has 0 amide bonds. The molecule has 1 heterocycles. The molecule has 0 aliphatic rings. The molecule has 0 aliphatic carbocycles. The van der Waals surface area contributed by atoms with E-state index in [1.807, 2.05) is 42.5 Å². The van der Waals surface area contributed by atoms with Crippen LogP contribution in [-0.2, 0) is 0 Å². The number of fused-ring (bicyclic) bond motifs is 1. The van der Waals surface area contributed by atoms with Crippen LogP contribution < -0.4 is 0 Å². The Bertz CT molecular complexity index is 885. The average Bonchev–Trinajstić information content (AvgIpc) is 2.53. The van der Waals surface area contributed by atoms with Crippen LogP contribution in [0.15, 0.2) is 54.6 Å². The Kier molecular flexibility index (Phi) is 3.66. The van der Waals surface area contributed by atoms with Gasteiger partial charge in [-0.05, 0) is 36.8 Å². The van der Waals surface area contributed by atoms with E-state index in [0.29, 0.717) is 0 Å². The van der Waals surface area contributed by atoms with Crippen molar-refractivity contribution in [2.24, 2.45) is 0 Å². The van der Waals surface area contributed by atoms with Gasteiger partial charge in [-0.3, -0.25) is 10.1 Å². The van der Waals surface area contributed by atoms with E-state index >= 15 is 0 Å². The van der Waals surface area contributed by atoms with E-state index in [2.05, 4.69) is 18.0 Å². The quantitative estimate of drug-likeness (QED) is 0.522. The van der Waals surface area contributed by atoms with Gasteiger partial charge in [-0.15, -0.1) is 0 Å². The molecule has 0 atom stereocenters. The number of non-ortho nitro benzene ring substituents is 1. The number of nitrogens with zero attached hydrogens (tertiary/aromatic N) is 2. The molecule has 22 heavy (non-hydrogen) atoms. The maximum absolute atomic E-state index is 10.8. The van der Waals surface area contributed by atoms with E-state index in [-0.39, 0.29) is 5.69 Å². The van der Waals surface area contributed by atoms with Gasteiger partial charge < -0.3 is 0 Å². The molecule has 108 valence electrons. The van der Waals surface area contributed by atoms with E-state index in [4.69, 9.17) is 0 Å². The molecule has 0 N–H and O–H groups in total. The lowest BCUT2D eigenvalue weighted by molar-refractivity contribution is -0.384. The first-order valence-corrected chi connectivity index (χ1v) is 6.92. The van der Waals surface area contributed by atoms with Gasteiger partial charge in [0.2, 0.25) is 0 Å². The molecule has 0 fully saturated rings. The molecule has 3 rings (SSSR count). The van der Waals surface area contributed by atoms with Crippen molar-refractivity contribution < 1.29 is 4.92 Å². The Morgan fingerprint density at radius 3 is 2.73 bits per heavy atom. The number of hydrogen-bond acceptors (Lipinski definition) is 3. The molecule has 4 nitrogen and oxygen atoms in total. The van der Waals surface area contributed by atoms with Gasteiger partial charge in [-0.2, -0.15) is 0 Å². The summed E-state index contributed by atoms with van der Waals surface area (Å²) in [6, 6.07) is 16.6. The number of rotatable bonds is 3. The van der Waals surface area contributed by atoms with Gasteiger partial charge in [0.05, 0.1) is 16.1 Å². The van der Waals surface area contributed by atoms with Crippen molar-refractivity contribution in [2.75, 3.05) is 0 Å². The third-order valence-corrected chi connectivity index (χ3v) is 3.39. The second-order valence-electron chi connectivity index (χ2n) is 5.12. The zero-order valence-corrected chi connectivity index (χ0v) is 12.1. The molecule has 0 saturated heterocycles. The predicted octanol–water partition coefficient (Wildman–Crippen LogP) is 4.62. The van der Waals surface area contributed by atoms with Crippen LogP contribution in [0.25, 0.3) is 23.1 Å². The van der Waals surface area contributed by atoms with E-state index in [1.54, 1.807) is 12.1 Å². The van der Waals surface area contributed by atoms with Crippen molar-refractivity contribution in [1.29, 1.82) is 0 Å². The van der Waals surface area contributed by atoms with Crippen LogP contribution in [-0.4, -0.2) is 9.91 Å². The Balaban J connectivity index is 1.90. The van der Waals surface area contributed by atoms with Crippen molar-refractivity contribution in [1.82, 2.24) is 4.98 Å². The molecule has 0 bridgehead atoms. The zero-order valence-electron chi connectivity index (χ0n) is 12.1. The molecule has 3 aromatic rings. The minimum atomic E-state index is -0.395. The largest absolute Gasteiger partial charge is 0.270 e. The number of aromatic nitrogens is 1. The number of nitro groups is 1. The van der Waals surface area contributed by atoms with E-state index < -0.39 is 4.92 Å². The topological polar surface area (TPSA) is 56.0 Å². The fraction of sp³-hybridized carbons (Fsp3) is 0.0556. The fourth-order valence-corrected chi connectivity index (χ4v) is 2.28. The van der Waals surface area contributed by atoms with Gasteiger partial charge in [-0.25, -0.2) is 4.98 Å². The van der Waals surface area contributed by atoms with Crippen LogP contribution in [0.2, 0.25) is 0 Å². The summed E-state index contributed by atoms with van der Waals surface area (Å²) < 4.78 is 0. The first kappa shape index (κ1) is 13.9. The highest BCUT2D eigenvalue weighted by atomic mass is 16.6. The van der Waals surface area contributed by atoms with Crippen molar-refractivity contribution in [3.8, 4) is 0 Å². The summed E-state index contributed by atoms with van der Waals surface area (Å²) in [5.41, 5.74) is 3.83. The van der Waals surface area contributed by atoms with Crippen LogP contribution in [0, 0.1) is 17.0 Å². The Labute approximate surface area is 127 Å². The molecule has 1 aromatic heterocycles. The van der Waals surface area contributed by atoms with Crippen LogP contribution in [0.5, 0.6) is 0 Å². The number of hydrogen-bond donors (Lipinski definition) is 0. The summed E-state index contributed by atoms with van der Waals surface area (Å²) in [6.45, 7) is 2.05. The van der Waals surface area contributed by atoms with Crippen LogP contribution in [0.4, 0.5) is 5.69 Å². The second-order valence-corrected chi connectivity index (χ2v) is 5.12. The van der Waals surface area contributed by atoms with Crippen molar-refractivity contribution in [2.45, 2.75) is 6.92 Å². The highest BCUT2D eigenvalue weighted by Gasteiger charge is 2.03. The summed E-state index contributed by atoms with van der Waals surface area (Å²) in [7, 11) is 0. The third kappa shape index (κ3) is 3.01. The minimum absolute atomic E-state index is 0.0871. The molecule has 0 unspecified atom stereocenters. The SMILES string of the molecule is Cc1ccc2nc(C=Cc3cccc([N+](=O)[O-])c3)ccc2c1. The standard InChI is InChI=1S/C18H14N2O2/c1-13-5-10-18-15(11-13)7-9-16(19-18)8-6-14-3-2-4-17(12-14)20(21)22/h2-12H,1H3. The number of pyridine rings is 1. The highest BCUT2D eigenvalue weighted by molar-refractivity contribution is 5.81. The fourth-order valence-electron chi connectivity index (χ4n) is 2.28. The summed E-state index contributed by atoms with van der Waals surface area (Å²) in [4.78, 5) is 14.9. The smallest absolute Gasteiger partial charge is 0.258 e. The lowest BCUT2D eigenvalue weighted by atomic mass is 10.1. The Hall–Kier alpha value is -3.01. The maximum Gasteiger partial charge on any atom is 0.270 e. The van der Waals surface area contributed by atoms with Gasteiger partial charge >= 0.3 is 0 Å². The number of benzene rings is 2. The monoisotopic (exact) mass is 290 g/mol. The Morgan fingerprint density at radius 1 is 1.05 bits per heavy atom. The summed E-state index contributed by atoms with van der Waals surface area (Å²) in [5, 5.41) is 11.9. The molecule has 0 aliphatic heterocycles. The third-order valence-electron chi connectivity index (χ3n) is 3.39. The molecule has 2 aromatic carbocycles. The van der Waals surface area contributed by atoms with Gasteiger partial charge in [-0.1, -0.05) is 35.9 Å². The van der Waals surface area contributed by atoms with E-state index in [9.17, 15) is 10.1 Å². The Morgan fingerprint density at radius 2 is 1.91 bits per heavy atom. The van der Waals surface area contributed by atoms with Gasteiger partial charge in [0.1, 0.15) is 0 Å². The van der Waals surface area contributed by atoms with Crippen molar-refractivity contribution >= 4 is 28.7 Å². The second kappa shape index (κ2) is 5.77. The normalized spacial score (nSPS) is 11.1. The van der Waals surface area contributed by atoms with Gasteiger partial charge in [0.25, 0.3) is 5.69 Å². The number of nitro benzene ring substituents is 1. The molecular formula is C18H14N2O2. The van der Waals surface area contributed by atoms with E-state index in [0.717, 1.165) is 22.2 Å². The minimum Gasteiger partial charge on any atom is -0.258 e. The first-order valence-electron chi connectivity index (χ1n) is 6.92. The number of aryl methyl sites for hydroxylation is 1. The highest BCUT2D eigenvalue weighted by Crippen LogP contribution is 2.17. The van der Waals surface area contributed by atoms with E-state index in [1.165, 1.54) is 11.6 Å². The van der Waals surface area contributed by atoms with Gasteiger partial charge in [0.15, 0.2) is 0 Å². The lowest BCUT2D eigenvalue weighted by Crippen LogP contribution is -1.87. The lowest BCUT2D eigenvalue weighted by Gasteiger charge is -2.00. The molecule has 0 spiro atoms. The maximum atomic E-state index is 10.8. The summed E-state index contributed by atoms with van der Waals surface area (Å²) in [5.74, 6) is 0. The molecule has 4 heteroatoms. The van der Waals surface area contributed by atoms with Gasteiger partial charge in [0, 0.05) is 17.5 Å². The predicted molar refractivity (Wildman–Crippen MR) is 88.5 cm³/mol. The van der Waals surface area contributed by atoms with Crippen LogP contribution >= 0.6 is 0 Å². The first-order chi connectivity index (χ1) is 10.6. The van der Waals surface area contributed by atoms with Crippen LogP contribution in [0.1, 0.15) is 16.8 Å². The van der Waals surface area contributed by atoms with Crippen molar-refractivity contribution in [3.63, 3.8) is 0 Å². The average molecular weight is 290 g/mol. The molecular weight excluding hydrogens is 276 g/mol. The molecule has 0 saturated carbocycles. The molecule has 0 radical (unpaired) electrons.